The van der Waals surface area contributed by atoms with Crippen molar-refractivity contribution < 1.29 is 9.47 Å². The van der Waals surface area contributed by atoms with Crippen LogP contribution in [0.1, 0.15) is 29.7 Å². The van der Waals surface area contributed by atoms with E-state index in [9.17, 15) is 15.8 Å². The van der Waals surface area contributed by atoms with Crippen LogP contribution in [-0.4, -0.2) is 5.90 Å². The lowest BCUT2D eigenvalue weighted by atomic mass is 9.53. The summed E-state index contributed by atoms with van der Waals surface area (Å²) in [6, 6.07) is 20.8. The average molecular weight is 461 g/mol. The lowest BCUT2D eigenvalue weighted by molar-refractivity contribution is -0.288. The van der Waals surface area contributed by atoms with Crippen molar-refractivity contribution in [2.24, 2.45) is 16.7 Å². The highest BCUT2D eigenvalue weighted by Gasteiger charge is 2.79. The van der Waals surface area contributed by atoms with E-state index < -0.39 is 34.5 Å². The monoisotopic (exact) mass is 460 g/mol. The maximum absolute atomic E-state index is 10.3. The summed E-state index contributed by atoms with van der Waals surface area (Å²) >= 11 is 3.48. The van der Waals surface area contributed by atoms with Crippen LogP contribution in [0.25, 0.3) is 0 Å². The molecule has 2 aliphatic rings. The largest absolute Gasteiger partial charge is 0.443 e. The Hall–Kier alpha value is -3.18. The number of hydrogen-bond acceptors (Lipinski definition) is 6. The molecule has 4 atom stereocenters. The molecule has 2 heterocycles. The van der Waals surface area contributed by atoms with E-state index in [1.807, 2.05) is 37.3 Å². The summed E-state index contributed by atoms with van der Waals surface area (Å²) in [6.45, 7) is 3.65. The summed E-state index contributed by atoms with van der Waals surface area (Å²) in [4.78, 5) is 0. The van der Waals surface area contributed by atoms with Crippen LogP contribution in [-0.2, 0) is 15.3 Å². The van der Waals surface area contributed by atoms with Gasteiger partial charge in [0.15, 0.2) is 5.41 Å². The minimum atomic E-state index is -1.98. The summed E-state index contributed by atoms with van der Waals surface area (Å²) < 4.78 is 13.1. The lowest BCUT2D eigenvalue weighted by Crippen LogP contribution is -2.57. The Morgan fingerprint density at radius 3 is 2.20 bits per heavy atom. The van der Waals surface area contributed by atoms with Crippen LogP contribution in [0.15, 0.2) is 53.0 Å². The van der Waals surface area contributed by atoms with Gasteiger partial charge in [-0.25, -0.2) is 0 Å². The van der Waals surface area contributed by atoms with Crippen molar-refractivity contribution in [1.29, 1.82) is 21.2 Å². The summed E-state index contributed by atoms with van der Waals surface area (Å²) in [6.07, 6.45) is -1.12. The molecule has 0 radical (unpaired) electrons. The molecular formula is C23H17BrN4O2. The number of nitrogens with zero attached hydrogens (tertiary/aromatic N) is 3. The standard InChI is InChI=1S/C23H17BrN4O2/c1-14-7-9-16(10-8-14)23-15(2)22(13-27,20(28)30-23)21(11-25,12-26)19(29-23)17-5-3-4-6-18(17)24/h3-10,15,19,28H,1-2H3. The molecule has 2 bridgehead atoms. The molecule has 6 nitrogen and oxygen atoms in total. The van der Waals surface area contributed by atoms with Gasteiger partial charge in [-0.05, 0) is 18.6 Å². The van der Waals surface area contributed by atoms with Crippen LogP contribution in [0.4, 0.5) is 0 Å². The number of rotatable bonds is 2. The third kappa shape index (κ3) is 2.21. The first-order valence-electron chi connectivity index (χ1n) is 9.34. The number of benzene rings is 2. The molecule has 0 amide bonds. The maximum Gasteiger partial charge on any atom is 0.244 e. The molecule has 0 saturated carbocycles. The Morgan fingerprint density at radius 2 is 1.63 bits per heavy atom. The van der Waals surface area contributed by atoms with E-state index in [4.69, 9.17) is 14.9 Å². The molecule has 0 aliphatic carbocycles. The zero-order chi connectivity index (χ0) is 21.7. The van der Waals surface area contributed by atoms with Crippen molar-refractivity contribution in [3.8, 4) is 18.2 Å². The first-order valence-corrected chi connectivity index (χ1v) is 10.1. The Morgan fingerprint density at radius 1 is 1.00 bits per heavy atom. The number of halogens is 1. The van der Waals surface area contributed by atoms with Crippen molar-refractivity contribution in [1.82, 2.24) is 0 Å². The highest BCUT2D eigenvalue weighted by molar-refractivity contribution is 9.10. The highest BCUT2D eigenvalue weighted by Crippen LogP contribution is 2.69. The van der Waals surface area contributed by atoms with Gasteiger partial charge in [-0.2, -0.15) is 15.8 Å². The van der Waals surface area contributed by atoms with Crippen LogP contribution in [0.2, 0.25) is 0 Å². The number of fused-ring (bicyclic) bond motifs is 2. The summed E-state index contributed by atoms with van der Waals surface area (Å²) in [5.41, 5.74) is -1.58. The minimum Gasteiger partial charge on any atom is -0.443 e. The summed E-state index contributed by atoms with van der Waals surface area (Å²) in [5.74, 6) is -2.67. The van der Waals surface area contributed by atoms with Gasteiger partial charge < -0.3 is 9.47 Å². The van der Waals surface area contributed by atoms with Gasteiger partial charge in [-0.3, -0.25) is 5.41 Å². The number of nitrogens with one attached hydrogen (secondary N) is 1. The molecule has 2 aromatic carbocycles. The second-order valence-corrected chi connectivity index (χ2v) is 8.51. The Kier molecular flexibility index (Phi) is 4.47. The van der Waals surface area contributed by atoms with E-state index in [-0.39, 0.29) is 0 Å². The molecule has 7 heteroatoms. The van der Waals surface area contributed by atoms with Crippen molar-refractivity contribution in [2.75, 3.05) is 0 Å². The van der Waals surface area contributed by atoms with E-state index in [0.29, 0.717) is 15.6 Å². The topological polar surface area (TPSA) is 114 Å². The van der Waals surface area contributed by atoms with E-state index in [1.54, 1.807) is 25.1 Å². The van der Waals surface area contributed by atoms with Gasteiger partial charge in [-0.1, -0.05) is 70.9 Å². The zero-order valence-electron chi connectivity index (χ0n) is 16.3. The van der Waals surface area contributed by atoms with Gasteiger partial charge in [0.1, 0.15) is 6.10 Å². The number of hydrogen-bond donors (Lipinski definition) is 1. The molecule has 0 aromatic heterocycles. The molecule has 0 spiro atoms. The van der Waals surface area contributed by atoms with E-state index in [0.717, 1.165) is 5.56 Å². The van der Waals surface area contributed by atoms with Crippen molar-refractivity contribution in [2.45, 2.75) is 25.7 Å². The Balaban J connectivity index is 2.06. The predicted molar refractivity (Wildman–Crippen MR) is 111 cm³/mol. The highest BCUT2D eigenvalue weighted by atomic mass is 79.9. The third-order valence-corrected chi connectivity index (χ3v) is 7.03. The molecule has 2 aliphatic heterocycles. The van der Waals surface area contributed by atoms with Crippen LogP contribution >= 0.6 is 15.9 Å². The molecule has 1 N–H and O–H groups in total. The molecule has 2 saturated heterocycles. The van der Waals surface area contributed by atoms with Crippen LogP contribution in [0.3, 0.4) is 0 Å². The fourth-order valence-electron chi connectivity index (χ4n) is 4.62. The van der Waals surface area contributed by atoms with Crippen LogP contribution < -0.4 is 0 Å². The van der Waals surface area contributed by atoms with Gasteiger partial charge in [0.25, 0.3) is 0 Å². The van der Waals surface area contributed by atoms with Crippen molar-refractivity contribution >= 4 is 21.8 Å². The number of nitriles is 3. The van der Waals surface area contributed by atoms with Gasteiger partial charge >= 0.3 is 0 Å². The first kappa shape index (κ1) is 20.1. The summed E-state index contributed by atoms with van der Waals surface area (Å²) in [7, 11) is 0. The molecule has 30 heavy (non-hydrogen) atoms. The predicted octanol–water partition coefficient (Wildman–Crippen LogP) is 4.87. The minimum absolute atomic E-state index is 0.421. The quantitative estimate of drug-likeness (QED) is 0.686. The van der Waals surface area contributed by atoms with Gasteiger partial charge in [0, 0.05) is 10.0 Å². The zero-order valence-corrected chi connectivity index (χ0v) is 17.9. The van der Waals surface area contributed by atoms with E-state index >= 15 is 0 Å². The SMILES string of the molecule is Cc1ccc(C23OC(=N)C(C#N)(C2C)C(C#N)(C#N)C(c2ccccc2Br)O3)cc1. The maximum atomic E-state index is 10.3. The molecule has 4 unspecified atom stereocenters. The lowest BCUT2D eigenvalue weighted by Gasteiger charge is -2.49. The fraction of sp³-hybridized carbons (Fsp3) is 0.304. The van der Waals surface area contributed by atoms with E-state index in [2.05, 4.69) is 34.1 Å². The van der Waals surface area contributed by atoms with Crippen molar-refractivity contribution in [3.05, 3.63) is 69.7 Å². The molecule has 148 valence electrons. The second kappa shape index (κ2) is 6.67. The molecule has 2 fully saturated rings. The average Bonchev–Trinajstić information content (AvgIpc) is 2.91. The molecule has 4 rings (SSSR count). The molecular weight excluding hydrogens is 444 g/mol. The first-order chi connectivity index (χ1) is 14.3. The Bertz CT molecular complexity index is 1160. The summed E-state index contributed by atoms with van der Waals surface area (Å²) in [5, 5.41) is 39.4. The van der Waals surface area contributed by atoms with Gasteiger partial charge in [0.05, 0.1) is 24.1 Å². The third-order valence-electron chi connectivity index (χ3n) is 6.31. The van der Waals surface area contributed by atoms with Crippen LogP contribution in [0.5, 0.6) is 0 Å². The van der Waals surface area contributed by atoms with Crippen molar-refractivity contribution in [3.63, 3.8) is 0 Å². The van der Waals surface area contributed by atoms with Gasteiger partial charge in [0.2, 0.25) is 17.1 Å². The number of aryl methyl sites for hydroxylation is 1. The normalized spacial score (nSPS) is 31.1. The Labute approximate surface area is 182 Å². The molecule has 2 aromatic rings. The van der Waals surface area contributed by atoms with E-state index in [1.165, 1.54) is 0 Å². The smallest absolute Gasteiger partial charge is 0.244 e. The second-order valence-electron chi connectivity index (χ2n) is 7.66. The van der Waals surface area contributed by atoms with Crippen LogP contribution in [0, 0.1) is 63.1 Å². The fourth-order valence-corrected chi connectivity index (χ4v) is 5.11. The number of ether oxygens (including phenoxy) is 2. The van der Waals surface area contributed by atoms with Gasteiger partial charge in [-0.15, -0.1) is 0 Å².